The summed E-state index contributed by atoms with van der Waals surface area (Å²) < 4.78 is 5.18. The second-order valence-corrected chi connectivity index (χ2v) is 6.07. The molecule has 0 spiro atoms. The van der Waals surface area contributed by atoms with E-state index in [1.807, 2.05) is 26.2 Å². The highest BCUT2D eigenvalue weighted by atomic mass is 35.5. The van der Waals surface area contributed by atoms with Crippen molar-refractivity contribution in [3.63, 3.8) is 0 Å². The minimum absolute atomic E-state index is 0.606. The molecule has 0 radical (unpaired) electrons. The molecule has 0 amide bonds. The Balaban J connectivity index is 0.000000209. The first-order valence-corrected chi connectivity index (χ1v) is 8.52. The number of halogens is 2. The molecule has 23 heavy (non-hydrogen) atoms. The lowest BCUT2D eigenvalue weighted by Gasteiger charge is -2.15. The van der Waals surface area contributed by atoms with Crippen LogP contribution in [0.3, 0.4) is 0 Å². The summed E-state index contributed by atoms with van der Waals surface area (Å²) in [6.07, 6.45) is 5.16. The number of rotatable bonds is 1. The molecule has 0 atom stereocenters. The van der Waals surface area contributed by atoms with Gasteiger partial charge in [-0.2, -0.15) is 0 Å². The Morgan fingerprint density at radius 2 is 1.39 bits per heavy atom. The van der Waals surface area contributed by atoms with Crippen LogP contribution >= 0.6 is 23.2 Å². The first-order valence-electron chi connectivity index (χ1n) is 7.76. The molecule has 2 aromatic rings. The van der Waals surface area contributed by atoms with Crippen molar-refractivity contribution < 1.29 is 4.74 Å². The third-order valence-corrected chi connectivity index (χ3v) is 4.14. The zero-order chi connectivity index (χ0) is 17.1. The van der Waals surface area contributed by atoms with Gasteiger partial charge in [0.15, 0.2) is 0 Å². The van der Waals surface area contributed by atoms with E-state index in [-0.39, 0.29) is 0 Å². The highest BCUT2D eigenvalue weighted by Crippen LogP contribution is 2.24. The molecule has 0 aliphatic heterocycles. The summed E-state index contributed by atoms with van der Waals surface area (Å²) in [6.45, 7) is 0. The van der Waals surface area contributed by atoms with Gasteiger partial charge in [0.1, 0.15) is 5.75 Å². The molecule has 0 saturated carbocycles. The maximum absolute atomic E-state index is 5.58. The van der Waals surface area contributed by atoms with Crippen LogP contribution in [0.15, 0.2) is 42.5 Å². The van der Waals surface area contributed by atoms with Crippen molar-refractivity contribution in [2.24, 2.45) is 0 Å². The second kappa shape index (κ2) is 11.3. The number of aryl methyl sites for hydroxylation is 2. The van der Waals surface area contributed by atoms with Gasteiger partial charge in [0, 0.05) is 0 Å². The van der Waals surface area contributed by atoms with E-state index in [9.17, 15) is 0 Å². The molecule has 0 unspecified atom stereocenters. The van der Waals surface area contributed by atoms with E-state index < -0.39 is 0 Å². The van der Waals surface area contributed by atoms with Gasteiger partial charge in [-0.1, -0.05) is 41.4 Å². The zero-order valence-corrected chi connectivity index (χ0v) is 15.5. The molecule has 1 N–H and O–H groups in total. The van der Waals surface area contributed by atoms with Crippen molar-refractivity contribution in [1.29, 1.82) is 0 Å². The van der Waals surface area contributed by atoms with Gasteiger partial charge in [-0.25, -0.2) is 0 Å². The lowest BCUT2D eigenvalue weighted by Crippen LogP contribution is -2.02. The van der Waals surface area contributed by atoms with E-state index in [1.54, 1.807) is 19.2 Å². The van der Waals surface area contributed by atoms with Crippen molar-refractivity contribution >= 4 is 23.2 Å². The van der Waals surface area contributed by atoms with E-state index in [4.69, 9.17) is 27.9 Å². The van der Waals surface area contributed by atoms with E-state index in [0.717, 1.165) is 5.75 Å². The standard InChI is InChI=1S/C11H14O.C6H4Cl2.C2H7N/c1-12-11-7-6-9-4-2-3-5-10(9)8-11;7-5-3-1-2-4-6(5)8;1-3-2/h6-8H,2-5H2,1H3;1-4H;3H,1-2H3. The third kappa shape index (κ3) is 7.26. The van der Waals surface area contributed by atoms with Gasteiger partial charge < -0.3 is 10.1 Å². The summed E-state index contributed by atoms with van der Waals surface area (Å²) in [5, 5.41) is 3.96. The smallest absolute Gasteiger partial charge is 0.119 e. The molecule has 2 aromatic carbocycles. The van der Waals surface area contributed by atoms with Gasteiger partial charge in [-0.05, 0) is 75.2 Å². The summed E-state index contributed by atoms with van der Waals surface area (Å²) in [5.74, 6) is 0.996. The second-order valence-electron chi connectivity index (χ2n) is 5.26. The van der Waals surface area contributed by atoms with Crippen LogP contribution in [0.2, 0.25) is 10.0 Å². The maximum Gasteiger partial charge on any atom is 0.119 e. The topological polar surface area (TPSA) is 21.3 Å². The fourth-order valence-electron chi connectivity index (χ4n) is 2.28. The van der Waals surface area contributed by atoms with Crippen LogP contribution in [0.5, 0.6) is 5.75 Å². The largest absolute Gasteiger partial charge is 0.497 e. The van der Waals surface area contributed by atoms with Gasteiger partial charge in [0.25, 0.3) is 0 Å². The minimum Gasteiger partial charge on any atom is -0.497 e. The molecular weight excluding hydrogens is 329 g/mol. The highest BCUT2D eigenvalue weighted by molar-refractivity contribution is 6.41. The average Bonchev–Trinajstić information content (AvgIpc) is 2.58. The summed E-state index contributed by atoms with van der Waals surface area (Å²) in [7, 11) is 5.48. The minimum atomic E-state index is 0.606. The first-order chi connectivity index (χ1) is 11.1. The van der Waals surface area contributed by atoms with Crippen molar-refractivity contribution in [2.45, 2.75) is 25.7 Å². The quantitative estimate of drug-likeness (QED) is 0.740. The zero-order valence-electron chi connectivity index (χ0n) is 14.0. The average molecular weight is 354 g/mol. The van der Waals surface area contributed by atoms with E-state index in [0.29, 0.717) is 10.0 Å². The number of methoxy groups -OCH3 is 1. The van der Waals surface area contributed by atoms with Crippen LogP contribution in [0.25, 0.3) is 0 Å². The predicted octanol–water partition coefficient (Wildman–Crippen LogP) is 5.40. The fraction of sp³-hybridized carbons (Fsp3) is 0.368. The number of hydrogen-bond donors (Lipinski definition) is 1. The molecule has 0 saturated heterocycles. The molecular formula is C19H25Cl2NO. The van der Waals surface area contributed by atoms with Crippen LogP contribution in [0.4, 0.5) is 0 Å². The molecule has 126 valence electrons. The van der Waals surface area contributed by atoms with Crippen LogP contribution in [0, 0.1) is 0 Å². The Bertz CT molecular complexity index is 566. The van der Waals surface area contributed by atoms with Crippen LogP contribution in [0.1, 0.15) is 24.0 Å². The number of benzene rings is 2. The molecule has 0 bridgehead atoms. The van der Waals surface area contributed by atoms with Gasteiger partial charge >= 0.3 is 0 Å². The molecule has 2 nitrogen and oxygen atoms in total. The van der Waals surface area contributed by atoms with Crippen molar-refractivity contribution in [3.8, 4) is 5.75 Å². The normalized spacial score (nSPS) is 12.0. The maximum atomic E-state index is 5.58. The Morgan fingerprint density at radius 1 is 0.870 bits per heavy atom. The lowest BCUT2D eigenvalue weighted by atomic mass is 9.92. The summed E-state index contributed by atoms with van der Waals surface area (Å²) in [6, 6.07) is 13.6. The number of hydrogen-bond acceptors (Lipinski definition) is 2. The van der Waals surface area contributed by atoms with Gasteiger partial charge in [-0.15, -0.1) is 0 Å². The summed E-state index contributed by atoms with van der Waals surface area (Å²) in [4.78, 5) is 0. The van der Waals surface area contributed by atoms with E-state index in [1.165, 1.54) is 36.8 Å². The highest BCUT2D eigenvalue weighted by Gasteiger charge is 2.08. The van der Waals surface area contributed by atoms with E-state index in [2.05, 4.69) is 23.5 Å². The Morgan fingerprint density at radius 3 is 1.87 bits per heavy atom. The monoisotopic (exact) mass is 353 g/mol. The number of ether oxygens (including phenoxy) is 1. The molecule has 1 aliphatic carbocycles. The molecule has 3 rings (SSSR count). The van der Waals surface area contributed by atoms with Crippen molar-refractivity contribution in [3.05, 3.63) is 63.6 Å². The van der Waals surface area contributed by atoms with Crippen LogP contribution < -0.4 is 10.1 Å². The Hall–Kier alpha value is -1.22. The molecule has 1 aliphatic rings. The summed E-state index contributed by atoms with van der Waals surface area (Å²) in [5.41, 5.74) is 3.00. The Kier molecular flexibility index (Phi) is 9.77. The predicted molar refractivity (Wildman–Crippen MR) is 101 cm³/mol. The SMILES string of the molecule is CNC.COc1ccc2c(c1)CCCC2.Clc1ccccc1Cl. The first kappa shape index (κ1) is 19.8. The molecule has 0 aromatic heterocycles. The number of nitrogens with one attached hydrogen (secondary N) is 1. The summed E-state index contributed by atoms with van der Waals surface area (Å²) >= 11 is 11.2. The van der Waals surface area contributed by atoms with Gasteiger partial charge in [-0.3, -0.25) is 0 Å². The molecule has 0 heterocycles. The molecule has 4 heteroatoms. The Labute approximate surface area is 149 Å². The lowest BCUT2D eigenvalue weighted by molar-refractivity contribution is 0.413. The van der Waals surface area contributed by atoms with Crippen molar-refractivity contribution in [2.75, 3.05) is 21.2 Å². The molecule has 0 fully saturated rings. The van der Waals surface area contributed by atoms with Gasteiger partial charge in [0.2, 0.25) is 0 Å². The number of fused-ring (bicyclic) bond motifs is 1. The van der Waals surface area contributed by atoms with Crippen molar-refractivity contribution in [1.82, 2.24) is 5.32 Å². The van der Waals surface area contributed by atoms with E-state index >= 15 is 0 Å². The van der Waals surface area contributed by atoms with Crippen LogP contribution in [-0.4, -0.2) is 21.2 Å². The van der Waals surface area contributed by atoms with Crippen LogP contribution in [-0.2, 0) is 12.8 Å². The fourth-order valence-corrected chi connectivity index (χ4v) is 2.55. The third-order valence-electron chi connectivity index (χ3n) is 3.38. The van der Waals surface area contributed by atoms with Gasteiger partial charge in [0.05, 0.1) is 17.2 Å².